The molecule has 0 saturated heterocycles. The number of carbonyl (C=O) groups excluding carboxylic acids is 1. The maximum absolute atomic E-state index is 11.8. The van der Waals surface area contributed by atoms with Gasteiger partial charge in [-0.25, -0.2) is 0 Å². The van der Waals surface area contributed by atoms with E-state index in [4.69, 9.17) is 4.74 Å². The molecule has 2 N–H and O–H groups in total. The quantitative estimate of drug-likeness (QED) is 0.827. The van der Waals surface area contributed by atoms with E-state index in [1.54, 1.807) is 7.11 Å². The van der Waals surface area contributed by atoms with Crippen molar-refractivity contribution in [3.05, 3.63) is 29.8 Å². The van der Waals surface area contributed by atoms with Gasteiger partial charge in [-0.2, -0.15) is 0 Å². The van der Waals surface area contributed by atoms with Crippen LogP contribution in [0.1, 0.15) is 31.2 Å². The molecule has 1 aromatic carbocycles. The third-order valence-corrected chi connectivity index (χ3v) is 3.48. The summed E-state index contributed by atoms with van der Waals surface area (Å²) < 4.78 is 5.14. The largest absolute Gasteiger partial charge is 0.380 e. The lowest BCUT2D eigenvalue weighted by Gasteiger charge is -2.14. The average molecular weight is 262 g/mol. The van der Waals surface area contributed by atoms with E-state index in [0.717, 1.165) is 24.1 Å². The molecule has 4 heteroatoms. The van der Waals surface area contributed by atoms with E-state index in [9.17, 15) is 4.79 Å². The molecule has 1 saturated carbocycles. The third kappa shape index (κ3) is 4.24. The first kappa shape index (κ1) is 13.9. The number of para-hydroxylation sites is 1. The highest BCUT2D eigenvalue weighted by Crippen LogP contribution is 2.18. The van der Waals surface area contributed by atoms with Crippen LogP contribution in [0, 0.1) is 0 Å². The van der Waals surface area contributed by atoms with Gasteiger partial charge in [0.25, 0.3) is 0 Å². The van der Waals surface area contributed by atoms with Crippen molar-refractivity contribution in [2.24, 2.45) is 0 Å². The Morgan fingerprint density at radius 1 is 1.32 bits per heavy atom. The molecule has 104 valence electrons. The summed E-state index contributed by atoms with van der Waals surface area (Å²) in [4.78, 5) is 11.8. The number of carbonyl (C=O) groups is 1. The predicted octanol–water partition coefficient (Wildman–Crippen LogP) is 2.30. The van der Waals surface area contributed by atoms with Crippen LogP contribution in [0.5, 0.6) is 0 Å². The van der Waals surface area contributed by atoms with Gasteiger partial charge < -0.3 is 15.4 Å². The van der Waals surface area contributed by atoms with Crippen molar-refractivity contribution in [3.63, 3.8) is 0 Å². The summed E-state index contributed by atoms with van der Waals surface area (Å²) in [5.74, 6) is 0.0686. The van der Waals surface area contributed by atoms with Crippen LogP contribution in [0.3, 0.4) is 0 Å². The molecule has 0 aromatic heterocycles. The zero-order chi connectivity index (χ0) is 13.5. The Morgan fingerprint density at radius 3 is 2.79 bits per heavy atom. The Bertz CT molecular complexity index is 414. The second-order valence-electron chi connectivity index (χ2n) is 4.99. The summed E-state index contributed by atoms with van der Waals surface area (Å²) in [6.07, 6.45) is 4.70. The molecule has 1 amide bonds. The fourth-order valence-electron chi connectivity index (χ4n) is 2.50. The molecule has 0 spiro atoms. The summed E-state index contributed by atoms with van der Waals surface area (Å²) in [6, 6.07) is 8.27. The maximum atomic E-state index is 11.8. The summed E-state index contributed by atoms with van der Waals surface area (Å²) in [5, 5.41) is 6.25. The van der Waals surface area contributed by atoms with E-state index in [0.29, 0.717) is 19.2 Å². The number of amides is 1. The van der Waals surface area contributed by atoms with E-state index in [2.05, 4.69) is 10.6 Å². The lowest BCUT2D eigenvalue weighted by molar-refractivity contribution is -0.120. The number of benzene rings is 1. The van der Waals surface area contributed by atoms with Crippen LogP contribution in [0.15, 0.2) is 24.3 Å². The minimum absolute atomic E-state index is 0.0686. The Morgan fingerprint density at radius 2 is 2.05 bits per heavy atom. The fourth-order valence-corrected chi connectivity index (χ4v) is 2.50. The van der Waals surface area contributed by atoms with Crippen LogP contribution in [0.4, 0.5) is 5.69 Å². The predicted molar refractivity (Wildman–Crippen MR) is 76.0 cm³/mol. The standard InChI is InChI=1S/C15H22N2O2/c1-19-11-12-6-2-5-9-14(12)16-10-15(18)17-13-7-3-4-8-13/h2,5-6,9,13,16H,3-4,7-8,10-11H2,1H3,(H,17,18). The highest BCUT2D eigenvalue weighted by molar-refractivity contribution is 5.81. The van der Waals surface area contributed by atoms with Gasteiger partial charge in [-0.15, -0.1) is 0 Å². The first-order valence-corrected chi connectivity index (χ1v) is 6.89. The van der Waals surface area contributed by atoms with Crippen molar-refractivity contribution in [1.82, 2.24) is 5.32 Å². The first-order chi connectivity index (χ1) is 9.29. The van der Waals surface area contributed by atoms with Crippen molar-refractivity contribution in [2.45, 2.75) is 38.3 Å². The first-order valence-electron chi connectivity index (χ1n) is 6.89. The van der Waals surface area contributed by atoms with Crippen molar-refractivity contribution in [2.75, 3.05) is 19.0 Å². The Kier molecular flexibility index (Phi) is 5.21. The Balaban J connectivity index is 1.82. The van der Waals surface area contributed by atoms with E-state index in [-0.39, 0.29) is 5.91 Å². The summed E-state index contributed by atoms with van der Waals surface area (Å²) in [7, 11) is 1.67. The molecule has 4 nitrogen and oxygen atoms in total. The van der Waals surface area contributed by atoms with Gasteiger partial charge in [0.2, 0.25) is 5.91 Å². The van der Waals surface area contributed by atoms with Gasteiger partial charge >= 0.3 is 0 Å². The topological polar surface area (TPSA) is 50.4 Å². The number of hydrogen-bond donors (Lipinski definition) is 2. The smallest absolute Gasteiger partial charge is 0.239 e. The second-order valence-corrected chi connectivity index (χ2v) is 4.99. The number of anilines is 1. The lowest BCUT2D eigenvalue weighted by atomic mass is 10.2. The van der Waals surface area contributed by atoms with Gasteiger partial charge in [0.05, 0.1) is 13.2 Å². The lowest BCUT2D eigenvalue weighted by Crippen LogP contribution is -2.36. The zero-order valence-electron chi connectivity index (χ0n) is 11.4. The minimum atomic E-state index is 0.0686. The Hall–Kier alpha value is -1.55. The van der Waals surface area contributed by atoms with Crippen LogP contribution in [-0.2, 0) is 16.1 Å². The van der Waals surface area contributed by atoms with Gasteiger partial charge in [-0.3, -0.25) is 4.79 Å². The molecule has 0 radical (unpaired) electrons. The van der Waals surface area contributed by atoms with Gasteiger partial charge in [0, 0.05) is 24.4 Å². The van der Waals surface area contributed by atoms with E-state index in [1.807, 2.05) is 24.3 Å². The van der Waals surface area contributed by atoms with Crippen LogP contribution < -0.4 is 10.6 Å². The molecule has 1 fully saturated rings. The van der Waals surface area contributed by atoms with Crippen molar-refractivity contribution in [1.29, 1.82) is 0 Å². The fraction of sp³-hybridized carbons (Fsp3) is 0.533. The van der Waals surface area contributed by atoms with Crippen LogP contribution in [-0.4, -0.2) is 25.6 Å². The van der Waals surface area contributed by atoms with Crippen molar-refractivity contribution < 1.29 is 9.53 Å². The van der Waals surface area contributed by atoms with E-state index in [1.165, 1.54) is 12.8 Å². The Labute approximate surface area is 114 Å². The second kappa shape index (κ2) is 7.14. The van der Waals surface area contributed by atoms with Gasteiger partial charge in [-0.05, 0) is 18.9 Å². The normalized spacial score (nSPS) is 15.4. The average Bonchev–Trinajstić information content (AvgIpc) is 2.91. The van der Waals surface area contributed by atoms with E-state index >= 15 is 0 Å². The van der Waals surface area contributed by atoms with Crippen LogP contribution in [0.2, 0.25) is 0 Å². The van der Waals surface area contributed by atoms with E-state index < -0.39 is 0 Å². The zero-order valence-corrected chi connectivity index (χ0v) is 11.4. The summed E-state index contributed by atoms with van der Waals surface area (Å²) in [6.45, 7) is 0.866. The molecule has 0 unspecified atom stereocenters. The number of rotatable bonds is 6. The van der Waals surface area contributed by atoms with Gasteiger partial charge in [-0.1, -0.05) is 31.0 Å². The van der Waals surface area contributed by atoms with Crippen LogP contribution >= 0.6 is 0 Å². The monoisotopic (exact) mass is 262 g/mol. The number of methoxy groups -OCH3 is 1. The highest BCUT2D eigenvalue weighted by Gasteiger charge is 2.16. The number of ether oxygens (including phenoxy) is 1. The van der Waals surface area contributed by atoms with Crippen molar-refractivity contribution >= 4 is 11.6 Å². The number of hydrogen-bond acceptors (Lipinski definition) is 3. The molecule has 2 rings (SSSR count). The van der Waals surface area contributed by atoms with Crippen molar-refractivity contribution in [3.8, 4) is 0 Å². The molecule has 0 aliphatic heterocycles. The molecule has 1 aliphatic rings. The minimum Gasteiger partial charge on any atom is -0.380 e. The molecule has 0 heterocycles. The molecule has 0 bridgehead atoms. The van der Waals surface area contributed by atoms with Gasteiger partial charge in [0.1, 0.15) is 0 Å². The summed E-state index contributed by atoms with van der Waals surface area (Å²) in [5.41, 5.74) is 2.03. The van der Waals surface area contributed by atoms with Crippen LogP contribution in [0.25, 0.3) is 0 Å². The molecule has 1 aliphatic carbocycles. The summed E-state index contributed by atoms with van der Waals surface area (Å²) >= 11 is 0. The third-order valence-electron chi connectivity index (χ3n) is 3.48. The van der Waals surface area contributed by atoms with Gasteiger partial charge in [0.15, 0.2) is 0 Å². The molecule has 19 heavy (non-hydrogen) atoms. The highest BCUT2D eigenvalue weighted by atomic mass is 16.5. The SMILES string of the molecule is COCc1ccccc1NCC(=O)NC1CCCC1. The molecular formula is C15H22N2O2. The molecule has 1 aromatic rings. The number of nitrogens with one attached hydrogen (secondary N) is 2. The maximum Gasteiger partial charge on any atom is 0.239 e. The molecule has 0 atom stereocenters. The molecular weight excluding hydrogens is 240 g/mol.